The summed E-state index contributed by atoms with van der Waals surface area (Å²) in [6.07, 6.45) is 0.482. The summed E-state index contributed by atoms with van der Waals surface area (Å²) in [5.74, 6) is 0. The Hall–Kier alpha value is -1.14. The highest BCUT2D eigenvalue weighted by molar-refractivity contribution is 6.24. The zero-order valence-electron chi connectivity index (χ0n) is 7.24. The summed E-state index contributed by atoms with van der Waals surface area (Å²) >= 11 is 5.37. The number of nitrogens with two attached hydrogens (primary N) is 1. The molecule has 0 spiro atoms. The largest absolute Gasteiger partial charge is 0.393 e. The third-order valence-electron chi connectivity index (χ3n) is 1.81. The van der Waals surface area contributed by atoms with Crippen molar-refractivity contribution in [2.75, 3.05) is 7.11 Å². The van der Waals surface area contributed by atoms with Crippen LogP contribution in [0.2, 0.25) is 0 Å². The molecule has 0 aromatic heterocycles. The normalized spacial score (nSPS) is 32.1. The first-order valence-corrected chi connectivity index (χ1v) is 4.02. The van der Waals surface area contributed by atoms with Crippen LogP contribution in [0.3, 0.4) is 0 Å². The van der Waals surface area contributed by atoms with Crippen molar-refractivity contribution in [2.24, 2.45) is 5.73 Å². The minimum atomic E-state index is -2.43. The number of alkyl halides is 2. The fourth-order valence-electron chi connectivity index (χ4n) is 1.18. The maximum Gasteiger partial charge on any atom is 0.302 e. The van der Waals surface area contributed by atoms with Gasteiger partial charge in [0.25, 0.3) is 0 Å². The lowest BCUT2D eigenvalue weighted by Gasteiger charge is -2.25. The van der Waals surface area contributed by atoms with Gasteiger partial charge in [0.05, 0.1) is 4.92 Å². The van der Waals surface area contributed by atoms with E-state index in [4.69, 9.17) is 17.3 Å². The molecule has 0 aromatic rings. The van der Waals surface area contributed by atoms with Gasteiger partial charge in [-0.2, -0.15) is 0 Å². The Morgan fingerprint density at radius 2 is 2.43 bits per heavy atom. The zero-order chi connectivity index (χ0) is 10.9. The van der Waals surface area contributed by atoms with E-state index in [9.17, 15) is 14.5 Å². The van der Waals surface area contributed by atoms with Gasteiger partial charge in [0.1, 0.15) is 5.70 Å². The molecule has 2 N–H and O–H groups in total. The molecule has 2 unspecified atom stereocenters. The van der Waals surface area contributed by atoms with Crippen molar-refractivity contribution in [3.63, 3.8) is 0 Å². The number of halogens is 2. The van der Waals surface area contributed by atoms with Crippen molar-refractivity contribution >= 4 is 11.6 Å². The van der Waals surface area contributed by atoms with Gasteiger partial charge in [0.2, 0.25) is 11.2 Å². The smallest absolute Gasteiger partial charge is 0.302 e. The van der Waals surface area contributed by atoms with Gasteiger partial charge in [-0.3, -0.25) is 10.1 Å². The van der Waals surface area contributed by atoms with Gasteiger partial charge in [-0.25, -0.2) is 4.39 Å². The first-order valence-electron chi connectivity index (χ1n) is 3.64. The summed E-state index contributed by atoms with van der Waals surface area (Å²) in [4.78, 5) is 9.75. The zero-order valence-corrected chi connectivity index (χ0v) is 7.99. The van der Waals surface area contributed by atoms with Gasteiger partial charge in [-0.05, 0) is 12.2 Å². The van der Waals surface area contributed by atoms with Crippen molar-refractivity contribution in [2.45, 2.75) is 11.2 Å². The Morgan fingerprint density at radius 1 is 1.86 bits per heavy atom. The molecule has 0 aliphatic heterocycles. The predicted molar refractivity (Wildman–Crippen MR) is 47.8 cm³/mol. The van der Waals surface area contributed by atoms with Crippen molar-refractivity contribution in [3.8, 4) is 0 Å². The molecule has 1 rings (SSSR count). The minimum absolute atomic E-state index is 0.157. The minimum Gasteiger partial charge on any atom is -0.393 e. The van der Waals surface area contributed by atoms with Crippen LogP contribution in [0.4, 0.5) is 4.39 Å². The van der Waals surface area contributed by atoms with E-state index in [-0.39, 0.29) is 5.70 Å². The molecule has 0 heterocycles. The summed E-state index contributed by atoms with van der Waals surface area (Å²) in [5.41, 5.74) is 4.59. The molecule has 0 saturated carbocycles. The Bertz CT molecular complexity index is 327. The van der Waals surface area contributed by atoms with Gasteiger partial charge >= 0.3 is 5.70 Å². The fourth-order valence-corrected chi connectivity index (χ4v) is 1.43. The lowest BCUT2D eigenvalue weighted by Crippen LogP contribution is -2.40. The molecule has 0 radical (unpaired) electrons. The number of allylic oxidation sites excluding steroid dienone is 1. The van der Waals surface area contributed by atoms with E-state index < -0.39 is 21.9 Å². The first kappa shape index (κ1) is 10.9. The van der Waals surface area contributed by atoms with Gasteiger partial charge in [-0.1, -0.05) is 11.6 Å². The van der Waals surface area contributed by atoms with E-state index in [0.29, 0.717) is 0 Å². The van der Waals surface area contributed by atoms with Crippen LogP contribution in [-0.4, -0.2) is 23.3 Å². The average Bonchev–Trinajstić information content (AvgIpc) is 2.07. The van der Waals surface area contributed by atoms with E-state index in [1.165, 1.54) is 0 Å². The predicted octanol–water partition coefficient (Wildman–Crippen LogP) is 0.923. The van der Waals surface area contributed by atoms with Crippen molar-refractivity contribution < 1.29 is 14.1 Å². The van der Waals surface area contributed by atoms with Crippen LogP contribution in [0.15, 0.2) is 23.5 Å². The van der Waals surface area contributed by atoms with E-state index in [1.807, 2.05) is 0 Å². The molecule has 0 aromatic carbocycles. The quantitative estimate of drug-likeness (QED) is 0.428. The Kier molecular flexibility index (Phi) is 2.77. The number of nitro groups is 1. The maximum atomic E-state index is 13.5. The number of hydrogen-bond acceptors (Lipinski definition) is 4. The summed E-state index contributed by atoms with van der Waals surface area (Å²) in [5, 5.41) is 8.12. The summed E-state index contributed by atoms with van der Waals surface area (Å²) in [7, 11) is 1.12. The number of ether oxygens (including phenoxy) is 1. The molecule has 0 fully saturated rings. The number of rotatable bonds is 2. The van der Waals surface area contributed by atoms with Crippen LogP contribution in [-0.2, 0) is 4.74 Å². The molecular formula is C7H8ClFN2O3. The Labute approximate surface area is 84.1 Å². The molecule has 0 amide bonds. The van der Waals surface area contributed by atoms with E-state index in [0.717, 1.165) is 19.3 Å². The lowest BCUT2D eigenvalue weighted by molar-refractivity contribution is -0.440. The highest BCUT2D eigenvalue weighted by Gasteiger charge is 2.47. The summed E-state index contributed by atoms with van der Waals surface area (Å²) in [6, 6.07) is 0. The van der Waals surface area contributed by atoms with Gasteiger partial charge in [0, 0.05) is 7.11 Å². The van der Waals surface area contributed by atoms with Crippen LogP contribution >= 0.6 is 11.6 Å². The lowest BCUT2D eigenvalue weighted by atomic mass is 10.0. The molecule has 2 atom stereocenters. The summed E-state index contributed by atoms with van der Waals surface area (Å²) < 4.78 is 18.1. The monoisotopic (exact) mass is 222 g/mol. The van der Waals surface area contributed by atoms with Gasteiger partial charge < -0.3 is 10.5 Å². The molecule has 14 heavy (non-hydrogen) atoms. The second-order valence-electron chi connectivity index (χ2n) is 2.72. The Morgan fingerprint density at radius 3 is 2.79 bits per heavy atom. The van der Waals surface area contributed by atoms with Crippen LogP contribution in [0.5, 0.6) is 0 Å². The number of hydrogen-bond donors (Lipinski definition) is 1. The van der Waals surface area contributed by atoms with Gasteiger partial charge in [0.15, 0.2) is 0 Å². The second-order valence-corrected chi connectivity index (χ2v) is 3.30. The van der Waals surface area contributed by atoms with Gasteiger partial charge in [-0.15, -0.1) is 0 Å². The van der Waals surface area contributed by atoms with Crippen LogP contribution in [0.1, 0.15) is 0 Å². The van der Waals surface area contributed by atoms with Crippen LogP contribution < -0.4 is 5.73 Å². The highest BCUT2D eigenvalue weighted by atomic mass is 35.5. The molecular weight excluding hydrogens is 215 g/mol. The topological polar surface area (TPSA) is 78.4 Å². The SMILES string of the molecule is COC1C([N+](=O)[O-])=C(N)C=CC1(F)Cl. The molecule has 5 nitrogen and oxygen atoms in total. The van der Waals surface area contributed by atoms with Crippen LogP contribution in [0, 0.1) is 10.1 Å². The third kappa shape index (κ3) is 1.71. The molecule has 1 aliphatic carbocycles. The molecule has 0 bridgehead atoms. The standard InChI is InChI=1S/C7H8ClFN2O3/c1-14-6-5(11(12)13)4(10)2-3-7(6,8)9/h2-3,6H,10H2,1H3. The number of methoxy groups -OCH3 is 1. The first-order chi connectivity index (χ1) is 6.40. The fraction of sp³-hybridized carbons (Fsp3) is 0.429. The highest BCUT2D eigenvalue weighted by Crippen LogP contribution is 2.35. The molecule has 7 heteroatoms. The summed E-state index contributed by atoms with van der Waals surface area (Å²) in [6.45, 7) is 0. The van der Waals surface area contributed by atoms with E-state index >= 15 is 0 Å². The number of nitrogens with zero attached hydrogens (tertiary/aromatic N) is 1. The second kappa shape index (κ2) is 3.55. The van der Waals surface area contributed by atoms with E-state index in [2.05, 4.69) is 4.74 Å². The maximum absolute atomic E-state index is 13.5. The van der Waals surface area contributed by atoms with Crippen LogP contribution in [0.25, 0.3) is 0 Å². The van der Waals surface area contributed by atoms with Crippen molar-refractivity contribution in [1.29, 1.82) is 0 Å². The van der Waals surface area contributed by atoms with E-state index in [1.54, 1.807) is 0 Å². The molecule has 78 valence electrons. The molecule has 1 aliphatic rings. The average molecular weight is 223 g/mol. The Balaban J connectivity index is 3.19. The molecule has 0 saturated heterocycles. The van der Waals surface area contributed by atoms with Crippen molar-refractivity contribution in [1.82, 2.24) is 0 Å². The third-order valence-corrected chi connectivity index (χ3v) is 2.14. The van der Waals surface area contributed by atoms with Crippen molar-refractivity contribution in [3.05, 3.63) is 33.7 Å².